The van der Waals surface area contributed by atoms with Crippen molar-refractivity contribution in [3.05, 3.63) is 72.1 Å². The summed E-state index contributed by atoms with van der Waals surface area (Å²) in [5, 5.41) is 15.3. The summed E-state index contributed by atoms with van der Waals surface area (Å²) in [6, 6.07) is 2.26. The lowest BCUT2D eigenvalue weighted by molar-refractivity contribution is -0.0133. The molecule has 0 spiro atoms. The second-order valence-corrected chi connectivity index (χ2v) is 5.33. The van der Waals surface area contributed by atoms with Gasteiger partial charge in [-0.3, -0.25) is 0 Å². The summed E-state index contributed by atoms with van der Waals surface area (Å²) in [4.78, 5) is 10.8. The molecule has 3 aromatic rings. The summed E-state index contributed by atoms with van der Waals surface area (Å²) >= 11 is 0. The highest BCUT2D eigenvalue weighted by atomic mass is 19.1. The lowest BCUT2D eigenvalue weighted by Gasteiger charge is -2.34. The fourth-order valence-electron chi connectivity index (χ4n) is 2.49. The number of rotatable bonds is 5. The van der Waals surface area contributed by atoms with Crippen molar-refractivity contribution in [3.63, 3.8) is 0 Å². The van der Waals surface area contributed by atoms with Gasteiger partial charge in [0, 0.05) is 21.7 Å². The van der Waals surface area contributed by atoms with Gasteiger partial charge in [-0.05, 0) is 6.07 Å². The Balaban J connectivity index is 2.27. The molecule has 25 heavy (non-hydrogen) atoms. The predicted octanol–water partition coefficient (Wildman–Crippen LogP) is 2.18. The molecule has 1 aromatic carbocycles. The van der Waals surface area contributed by atoms with Crippen LogP contribution in [0.5, 0.6) is 0 Å². The van der Waals surface area contributed by atoms with Gasteiger partial charge in [-0.1, -0.05) is 12.9 Å². The Kier molecular flexibility index (Phi) is 3.56. The first-order valence-corrected chi connectivity index (χ1v) is 7.08. The van der Waals surface area contributed by atoms with Crippen LogP contribution in [0.4, 0.5) is 13.2 Å². The van der Waals surface area contributed by atoms with Crippen molar-refractivity contribution in [1.29, 1.82) is 0 Å². The lowest BCUT2D eigenvalue weighted by Crippen LogP contribution is -2.39. The van der Waals surface area contributed by atoms with Crippen LogP contribution in [0.25, 0.3) is 0 Å². The smallest absolute Gasteiger partial charge is 0.163 e. The predicted molar refractivity (Wildman–Crippen MR) is 80.7 cm³/mol. The molecule has 0 aliphatic heterocycles. The molecule has 6 nitrogen and oxygen atoms in total. The van der Waals surface area contributed by atoms with E-state index in [-0.39, 0.29) is 0 Å². The minimum atomic E-state index is -3.02. The Bertz CT molecular complexity index is 970. The second kappa shape index (κ2) is 6.60. The zero-order valence-corrected chi connectivity index (χ0v) is 12.6. The molecule has 3 rings (SSSR count). The van der Waals surface area contributed by atoms with Crippen molar-refractivity contribution in [3.8, 4) is 0 Å². The zero-order chi connectivity index (χ0) is 20.5. The average molecular weight is 352 g/mol. The van der Waals surface area contributed by atoms with Gasteiger partial charge in [0.15, 0.2) is 5.82 Å². The van der Waals surface area contributed by atoms with Crippen molar-refractivity contribution >= 4 is 0 Å². The number of nitrogens with zero attached hydrogens (tertiary/aromatic N) is 5. The topological polar surface area (TPSA) is 76.7 Å². The first-order chi connectivity index (χ1) is 13.1. The molecule has 0 radical (unpaired) electrons. The fourth-order valence-corrected chi connectivity index (χ4v) is 2.49. The van der Waals surface area contributed by atoms with Crippen LogP contribution in [-0.2, 0) is 12.1 Å². The van der Waals surface area contributed by atoms with Gasteiger partial charge in [0.2, 0.25) is 0 Å². The molecule has 0 unspecified atom stereocenters. The molecule has 2 atom stereocenters. The fraction of sp³-hybridized carbons (Fsp3) is 0.250. The van der Waals surface area contributed by atoms with E-state index in [1.807, 2.05) is 0 Å². The molecular formula is C16H14F3N5O. The van der Waals surface area contributed by atoms with E-state index in [1.54, 1.807) is 0 Å². The van der Waals surface area contributed by atoms with E-state index < -0.39 is 53.6 Å². The molecule has 0 saturated carbocycles. The summed E-state index contributed by atoms with van der Waals surface area (Å²) in [7, 11) is 0. The summed E-state index contributed by atoms with van der Waals surface area (Å²) in [5.41, 5.74) is -3.77. The van der Waals surface area contributed by atoms with Crippen LogP contribution in [-0.4, -0.2) is 29.8 Å². The summed E-state index contributed by atoms with van der Waals surface area (Å²) in [6.07, 6.45) is 3.93. The molecule has 1 N–H and O–H groups in total. The largest absolute Gasteiger partial charge is 0.382 e. The molecule has 0 aliphatic rings. The SMILES string of the molecule is [2H]C([2H])([2H])[C@H](c1ncncc1F)[C@](O)(Cn1cncn1)c1ccc(F)cc1F. The Morgan fingerprint density at radius 2 is 2.08 bits per heavy atom. The summed E-state index contributed by atoms with van der Waals surface area (Å²) < 4.78 is 67.0. The van der Waals surface area contributed by atoms with Crippen LogP contribution in [0.2, 0.25) is 0 Å². The molecule has 9 heteroatoms. The number of halogens is 3. The van der Waals surface area contributed by atoms with Crippen molar-refractivity contribution in [2.45, 2.75) is 24.9 Å². The van der Waals surface area contributed by atoms with Gasteiger partial charge < -0.3 is 5.11 Å². The van der Waals surface area contributed by atoms with Crippen LogP contribution in [0.1, 0.15) is 28.1 Å². The zero-order valence-electron chi connectivity index (χ0n) is 15.6. The quantitative estimate of drug-likeness (QED) is 0.762. The number of hydrogen-bond acceptors (Lipinski definition) is 5. The summed E-state index contributed by atoms with van der Waals surface area (Å²) in [5.74, 6) is -5.25. The normalized spacial score (nSPS) is 17.2. The molecule has 0 bridgehead atoms. The molecular weight excluding hydrogens is 335 g/mol. The maximum Gasteiger partial charge on any atom is 0.163 e. The van der Waals surface area contributed by atoms with Gasteiger partial charge in [0.05, 0.1) is 18.4 Å². The highest BCUT2D eigenvalue weighted by Gasteiger charge is 2.41. The highest BCUT2D eigenvalue weighted by molar-refractivity contribution is 5.30. The van der Waals surface area contributed by atoms with Gasteiger partial charge >= 0.3 is 0 Å². The molecule has 0 aliphatic carbocycles. The molecule has 0 saturated heterocycles. The molecule has 2 aromatic heterocycles. The standard InChI is InChI=1S/C16H14F3N5O/c1-10(15-14(19)5-20-7-22-15)16(25,6-24-9-21-8-23-24)12-3-2-11(17)4-13(12)18/h2-5,7-10,25H,6H2,1H3/t10-,16-/m1/s1/i1D3. The van der Waals surface area contributed by atoms with Gasteiger partial charge in [-0.15, -0.1) is 0 Å². The van der Waals surface area contributed by atoms with Crippen LogP contribution < -0.4 is 0 Å². The Labute approximate surface area is 145 Å². The van der Waals surface area contributed by atoms with Crippen molar-refractivity contribution < 1.29 is 22.4 Å². The average Bonchev–Trinajstić information content (AvgIpc) is 3.08. The molecule has 0 amide bonds. The van der Waals surface area contributed by atoms with Crippen molar-refractivity contribution in [1.82, 2.24) is 24.7 Å². The third-order valence-electron chi connectivity index (χ3n) is 3.71. The third-order valence-corrected chi connectivity index (χ3v) is 3.71. The Hall–Kier alpha value is -2.81. The highest BCUT2D eigenvalue weighted by Crippen LogP contribution is 2.39. The van der Waals surface area contributed by atoms with E-state index in [2.05, 4.69) is 20.1 Å². The number of benzene rings is 1. The Morgan fingerprint density at radius 1 is 1.24 bits per heavy atom. The van der Waals surface area contributed by atoms with E-state index >= 15 is 0 Å². The van der Waals surface area contributed by atoms with E-state index in [0.717, 1.165) is 35.7 Å². The summed E-state index contributed by atoms with van der Waals surface area (Å²) in [6.45, 7) is -3.63. The van der Waals surface area contributed by atoms with E-state index in [4.69, 9.17) is 4.11 Å². The number of aromatic nitrogens is 5. The Morgan fingerprint density at radius 3 is 2.72 bits per heavy atom. The minimum absolute atomic E-state index is 0.495. The minimum Gasteiger partial charge on any atom is -0.382 e. The van der Waals surface area contributed by atoms with Crippen LogP contribution in [0.15, 0.2) is 43.4 Å². The maximum absolute atomic E-state index is 14.6. The monoisotopic (exact) mass is 352 g/mol. The maximum atomic E-state index is 14.6. The van der Waals surface area contributed by atoms with E-state index in [1.165, 1.54) is 6.33 Å². The van der Waals surface area contributed by atoms with E-state index in [0.29, 0.717) is 6.07 Å². The van der Waals surface area contributed by atoms with Crippen LogP contribution in [0.3, 0.4) is 0 Å². The molecule has 2 heterocycles. The third kappa shape index (κ3) is 3.22. The second-order valence-electron chi connectivity index (χ2n) is 5.33. The number of aliphatic hydroxyl groups is 1. The van der Waals surface area contributed by atoms with Crippen molar-refractivity contribution in [2.24, 2.45) is 0 Å². The lowest BCUT2D eigenvalue weighted by atomic mass is 9.79. The van der Waals surface area contributed by atoms with Crippen molar-refractivity contribution in [2.75, 3.05) is 0 Å². The first-order valence-electron chi connectivity index (χ1n) is 8.58. The molecule has 130 valence electrons. The number of hydrogen-bond donors (Lipinski definition) is 1. The molecule has 0 fully saturated rings. The first kappa shape index (κ1) is 13.5. The van der Waals surface area contributed by atoms with Gasteiger partial charge in [-0.25, -0.2) is 32.8 Å². The van der Waals surface area contributed by atoms with E-state index in [9.17, 15) is 18.3 Å². The van der Waals surface area contributed by atoms with Crippen LogP contribution >= 0.6 is 0 Å². The van der Waals surface area contributed by atoms with Gasteiger partial charge in [0.1, 0.15) is 36.2 Å². The van der Waals surface area contributed by atoms with Gasteiger partial charge in [-0.2, -0.15) is 5.10 Å². The van der Waals surface area contributed by atoms with Crippen LogP contribution in [0, 0.1) is 17.5 Å². The van der Waals surface area contributed by atoms with Gasteiger partial charge in [0.25, 0.3) is 0 Å².